The molecule has 2 N–H and O–H groups in total. The Morgan fingerprint density at radius 3 is 2.55 bits per heavy atom. The maximum Gasteiger partial charge on any atom is 0.226 e. The molecular formula is C15H22N6O. The topological polar surface area (TPSA) is 89.9 Å². The first kappa shape index (κ1) is 16.1. The smallest absolute Gasteiger partial charge is 0.226 e. The molecule has 7 heteroatoms. The number of nitrogens with two attached hydrogens (primary N) is 1. The largest absolute Gasteiger partial charge is 0.345 e. The minimum absolute atomic E-state index is 0.0750. The number of hydrogen-bond acceptors (Lipinski definition) is 5. The summed E-state index contributed by atoms with van der Waals surface area (Å²) in [5, 5.41) is 11.0. The van der Waals surface area contributed by atoms with E-state index in [0.29, 0.717) is 19.5 Å². The standard InChI is InChI=1S/C15H22N6O/c1-15(2,9-16)10-20(3)14(22)8-12-4-6-13(7-5-12)21-11-17-18-19-21/h4-7,11H,8-10,16H2,1-3H3. The lowest BCUT2D eigenvalue weighted by Crippen LogP contribution is -2.40. The zero-order chi connectivity index (χ0) is 16.2. The molecule has 1 amide bonds. The number of tetrazole rings is 1. The summed E-state index contributed by atoms with van der Waals surface area (Å²) in [7, 11) is 1.81. The van der Waals surface area contributed by atoms with Crippen molar-refractivity contribution in [3.63, 3.8) is 0 Å². The number of carbonyl (C=O) groups excluding carboxylic acids is 1. The lowest BCUT2D eigenvalue weighted by Gasteiger charge is -2.29. The lowest BCUT2D eigenvalue weighted by molar-refractivity contribution is -0.130. The maximum atomic E-state index is 12.3. The molecule has 0 saturated carbocycles. The summed E-state index contributed by atoms with van der Waals surface area (Å²) in [6.07, 6.45) is 1.90. The van der Waals surface area contributed by atoms with E-state index in [2.05, 4.69) is 29.4 Å². The predicted octanol–water partition coefficient (Wildman–Crippen LogP) is 0.648. The molecule has 1 aromatic carbocycles. The number of benzene rings is 1. The van der Waals surface area contributed by atoms with Gasteiger partial charge in [-0.05, 0) is 40.1 Å². The van der Waals surface area contributed by atoms with Crippen LogP contribution in [0.25, 0.3) is 5.69 Å². The molecule has 2 rings (SSSR count). The van der Waals surface area contributed by atoms with E-state index in [-0.39, 0.29) is 11.3 Å². The number of carbonyl (C=O) groups is 1. The molecular weight excluding hydrogens is 280 g/mol. The van der Waals surface area contributed by atoms with E-state index in [1.807, 2.05) is 31.3 Å². The third-order valence-electron chi connectivity index (χ3n) is 3.55. The Bertz CT molecular complexity index is 605. The summed E-state index contributed by atoms with van der Waals surface area (Å²) >= 11 is 0. The van der Waals surface area contributed by atoms with Crippen LogP contribution in [-0.2, 0) is 11.2 Å². The van der Waals surface area contributed by atoms with E-state index in [1.165, 1.54) is 6.33 Å². The van der Waals surface area contributed by atoms with Crippen LogP contribution in [0.4, 0.5) is 0 Å². The van der Waals surface area contributed by atoms with E-state index in [1.54, 1.807) is 9.58 Å². The molecule has 1 aromatic heterocycles. The van der Waals surface area contributed by atoms with Crippen molar-refractivity contribution in [1.29, 1.82) is 0 Å². The summed E-state index contributed by atoms with van der Waals surface area (Å²) in [6.45, 7) is 5.30. The van der Waals surface area contributed by atoms with Crippen LogP contribution in [0.15, 0.2) is 30.6 Å². The van der Waals surface area contributed by atoms with Gasteiger partial charge >= 0.3 is 0 Å². The van der Waals surface area contributed by atoms with E-state index in [4.69, 9.17) is 5.73 Å². The van der Waals surface area contributed by atoms with Crippen LogP contribution in [-0.4, -0.2) is 51.2 Å². The number of nitrogens with zero attached hydrogens (tertiary/aromatic N) is 5. The van der Waals surface area contributed by atoms with Crippen molar-refractivity contribution in [2.45, 2.75) is 20.3 Å². The number of rotatable bonds is 6. The molecule has 22 heavy (non-hydrogen) atoms. The molecule has 0 bridgehead atoms. The third kappa shape index (κ3) is 4.11. The normalized spacial score (nSPS) is 11.5. The van der Waals surface area contributed by atoms with Crippen LogP contribution in [0.5, 0.6) is 0 Å². The van der Waals surface area contributed by atoms with Gasteiger partial charge in [-0.1, -0.05) is 26.0 Å². The highest BCUT2D eigenvalue weighted by Gasteiger charge is 2.21. The zero-order valence-electron chi connectivity index (χ0n) is 13.2. The predicted molar refractivity (Wildman–Crippen MR) is 83.3 cm³/mol. The Labute approximate surface area is 130 Å². The molecule has 2 aromatic rings. The average molecular weight is 302 g/mol. The van der Waals surface area contributed by atoms with E-state index >= 15 is 0 Å². The highest BCUT2D eigenvalue weighted by atomic mass is 16.2. The highest BCUT2D eigenvalue weighted by molar-refractivity contribution is 5.78. The molecule has 0 unspecified atom stereocenters. The fourth-order valence-corrected chi connectivity index (χ4v) is 2.15. The molecule has 0 spiro atoms. The molecule has 7 nitrogen and oxygen atoms in total. The summed E-state index contributed by atoms with van der Waals surface area (Å²) in [5.41, 5.74) is 7.46. The van der Waals surface area contributed by atoms with Gasteiger partial charge in [0, 0.05) is 13.6 Å². The summed E-state index contributed by atoms with van der Waals surface area (Å²) in [6, 6.07) is 7.61. The van der Waals surface area contributed by atoms with Gasteiger partial charge in [-0.3, -0.25) is 4.79 Å². The molecule has 0 aliphatic heterocycles. The van der Waals surface area contributed by atoms with Crippen LogP contribution >= 0.6 is 0 Å². The molecule has 0 radical (unpaired) electrons. The van der Waals surface area contributed by atoms with Gasteiger partial charge in [0.05, 0.1) is 12.1 Å². The van der Waals surface area contributed by atoms with Gasteiger partial charge < -0.3 is 10.6 Å². The Kier molecular flexibility index (Phi) is 4.87. The van der Waals surface area contributed by atoms with Crippen LogP contribution in [0.2, 0.25) is 0 Å². The molecule has 0 saturated heterocycles. The SMILES string of the molecule is CN(CC(C)(C)CN)C(=O)Cc1ccc(-n2cnnn2)cc1. The van der Waals surface area contributed by atoms with E-state index in [0.717, 1.165) is 11.3 Å². The minimum atomic E-state index is -0.0750. The Morgan fingerprint density at radius 2 is 2.00 bits per heavy atom. The van der Waals surface area contributed by atoms with Crippen molar-refractivity contribution < 1.29 is 4.79 Å². The number of aromatic nitrogens is 4. The molecule has 0 fully saturated rings. The van der Waals surface area contributed by atoms with Crippen molar-refractivity contribution in [3.05, 3.63) is 36.2 Å². The highest BCUT2D eigenvalue weighted by Crippen LogP contribution is 2.15. The number of amides is 1. The quantitative estimate of drug-likeness (QED) is 0.846. The van der Waals surface area contributed by atoms with Crippen molar-refractivity contribution in [3.8, 4) is 5.69 Å². The average Bonchev–Trinajstić information content (AvgIpc) is 3.02. The lowest BCUT2D eigenvalue weighted by atomic mass is 9.93. The van der Waals surface area contributed by atoms with Gasteiger partial charge in [0.2, 0.25) is 5.91 Å². The van der Waals surface area contributed by atoms with Crippen molar-refractivity contribution in [2.75, 3.05) is 20.1 Å². The first-order valence-electron chi connectivity index (χ1n) is 7.18. The summed E-state index contributed by atoms with van der Waals surface area (Å²) < 4.78 is 1.57. The van der Waals surface area contributed by atoms with Crippen molar-refractivity contribution in [2.24, 2.45) is 11.1 Å². The van der Waals surface area contributed by atoms with Crippen molar-refractivity contribution in [1.82, 2.24) is 25.1 Å². The maximum absolute atomic E-state index is 12.3. The minimum Gasteiger partial charge on any atom is -0.345 e. The van der Waals surface area contributed by atoms with Gasteiger partial charge in [-0.25, -0.2) is 4.68 Å². The first-order chi connectivity index (χ1) is 10.4. The molecule has 0 aliphatic carbocycles. The van der Waals surface area contributed by atoms with Crippen LogP contribution in [0.3, 0.4) is 0 Å². The van der Waals surface area contributed by atoms with Gasteiger partial charge in [-0.15, -0.1) is 5.10 Å². The van der Waals surface area contributed by atoms with E-state index in [9.17, 15) is 4.79 Å². The van der Waals surface area contributed by atoms with Gasteiger partial charge in [0.1, 0.15) is 6.33 Å². The van der Waals surface area contributed by atoms with Crippen molar-refractivity contribution >= 4 is 5.91 Å². The van der Waals surface area contributed by atoms with Crippen LogP contribution < -0.4 is 5.73 Å². The first-order valence-corrected chi connectivity index (χ1v) is 7.18. The van der Waals surface area contributed by atoms with Gasteiger partial charge in [0.15, 0.2) is 0 Å². The number of hydrogen-bond donors (Lipinski definition) is 1. The second-order valence-corrected chi connectivity index (χ2v) is 6.22. The van der Waals surface area contributed by atoms with Crippen LogP contribution in [0.1, 0.15) is 19.4 Å². The third-order valence-corrected chi connectivity index (χ3v) is 3.55. The zero-order valence-corrected chi connectivity index (χ0v) is 13.2. The summed E-state index contributed by atoms with van der Waals surface area (Å²) in [4.78, 5) is 14.0. The Balaban J connectivity index is 1.97. The second-order valence-electron chi connectivity index (χ2n) is 6.22. The Morgan fingerprint density at radius 1 is 1.32 bits per heavy atom. The molecule has 0 aliphatic rings. The molecule has 1 heterocycles. The number of likely N-dealkylation sites (N-methyl/N-ethyl adjacent to an activating group) is 1. The fourth-order valence-electron chi connectivity index (χ4n) is 2.15. The fraction of sp³-hybridized carbons (Fsp3) is 0.467. The van der Waals surface area contributed by atoms with E-state index < -0.39 is 0 Å². The molecule has 118 valence electrons. The second kappa shape index (κ2) is 6.65. The molecule has 0 atom stereocenters. The monoisotopic (exact) mass is 302 g/mol. The van der Waals surface area contributed by atoms with Gasteiger partial charge in [0.25, 0.3) is 0 Å². The van der Waals surface area contributed by atoms with Crippen LogP contribution in [0, 0.1) is 5.41 Å². The Hall–Kier alpha value is -2.28. The summed E-state index contributed by atoms with van der Waals surface area (Å²) in [5.74, 6) is 0.0803. The van der Waals surface area contributed by atoms with Gasteiger partial charge in [-0.2, -0.15) is 0 Å².